The molecule has 0 saturated carbocycles. The molecule has 0 atom stereocenters. The summed E-state index contributed by atoms with van der Waals surface area (Å²) in [5.74, 6) is 0.553. The number of amides is 1. The quantitative estimate of drug-likeness (QED) is 0.799. The summed E-state index contributed by atoms with van der Waals surface area (Å²) in [5.41, 5.74) is 0. The van der Waals surface area contributed by atoms with Crippen LogP contribution in [0, 0.1) is 5.92 Å². The lowest BCUT2D eigenvalue weighted by Gasteiger charge is -2.05. The molecule has 5 nitrogen and oxygen atoms in total. The molecule has 0 fully saturated rings. The molecule has 1 heterocycles. The van der Waals surface area contributed by atoms with Crippen LogP contribution in [0.3, 0.4) is 0 Å². The average Bonchev–Trinajstić information content (AvgIpc) is 2.74. The monoisotopic (exact) mass is 304 g/mol. The van der Waals surface area contributed by atoms with Gasteiger partial charge in [0.1, 0.15) is 4.21 Å². The Morgan fingerprint density at radius 3 is 2.63 bits per heavy atom. The van der Waals surface area contributed by atoms with Gasteiger partial charge in [-0.3, -0.25) is 4.79 Å². The number of primary sulfonamides is 1. The summed E-state index contributed by atoms with van der Waals surface area (Å²) in [7, 11) is -3.61. The molecule has 108 valence electrons. The minimum Gasteiger partial charge on any atom is -0.356 e. The van der Waals surface area contributed by atoms with Gasteiger partial charge in [0.2, 0.25) is 15.9 Å². The van der Waals surface area contributed by atoms with E-state index in [1.54, 1.807) is 6.07 Å². The number of sulfonamides is 1. The predicted molar refractivity (Wildman–Crippen MR) is 76.5 cm³/mol. The highest BCUT2D eigenvalue weighted by molar-refractivity contribution is 7.91. The van der Waals surface area contributed by atoms with Crippen LogP contribution in [0.2, 0.25) is 0 Å². The van der Waals surface area contributed by atoms with Crippen molar-refractivity contribution in [2.45, 2.75) is 37.3 Å². The van der Waals surface area contributed by atoms with E-state index < -0.39 is 10.0 Å². The molecule has 1 aromatic heterocycles. The SMILES string of the molecule is CC(C)CCC(=O)NCCc1ccc(S(N)(=O)=O)s1. The van der Waals surface area contributed by atoms with Crippen molar-refractivity contribution >= 4 is 27.3 Å². The van der Waals surface area contributed by atoms with Crippen LogP contribution in [0.1, 0.15) is 31.6 Å². The van der Waals surface area contributed by atoms with Gasteiger partial charge in [-0.2, -0.15) is 0 Å². The van der Waals surface area contributed by atoms with Gasteiger partial charge in [0, 0.05) is 17.8 Å². The first kappa shape index (κ1) is 16.1. The Morgan fingerprint density at radius 2 is 2.11 bits per heavy atom. The van der Waals surface area contributed by atoms with Crippen LogP contribution in [0.5, 0.6) is 0 Å². The molecular weight excluding hydrogens is 284 g/mol. The zero-order valence-corrected chi connectivity index (χ0v) is 12.8. The largest absolute Gasteiger partial charge is 0.356 e. The Balaban J connectivity index is 2.34. The van der Waals surface area contributed by atoms with Gasteiger partial charge in [0.15, 0.2) is 0 Å². The molecule has 0 spiro atoms. The van der Waals surface area contributed by atoms with E-state index in [0.29, 0.717) is 25.3 Å². The van der Waals surface area contributed by atoms with E-state index in [1.165, 1.54) is 6.07 Å². The minimum absolute atomic E-state index is 0.0388. The Labute approximate surface area is 118 Å². The lowest BCUT2D eigenvalue weighted by Crippen LogP contribution is -2.25. The van der Waals surface area contributed by atoms with E-state index in [-0.39, 0.29) is 10.1 Å². The Morgan fingerprint density at radius 1 is 1.42 bits per heavy atom. The standard InChI is InChI=1S/C12H20N2O3S2/c1-9(2)3-5-11(15)14-8-7-10-4-6-12(18-10)19(13,16)17/h4,6,9H,3,5,7-8H2,1-2H3,(H,14,15)(H2,13,16,17). The number of carbonyl (C=O) groups is 1. The third kappa shape index (κ3) is 6.17. The molecule has 0 aromatic carbocycles. The van der Waals surface area contributed by atoms with Gasteiger partial charge in [-0.1, -0.05) is 13.8 Å². The lowest BCUT2D eigenvalue weighted by atomic mass is 10.1. The highest BCUT2D eigenvalue weighted by Gasteiger charge is 2.11. The van der Waals surface area contributed by atoms with E-state index in [1.807, 2.05) is 0 Å². The second-order valence-electron chi connectivity index (χ2n) is 4.80. The first-order chi connectivity index (χ1) is 8.79. The molecular formula is C12H20N2O3S2. The summed E-state index contributed by atoms with van der Waals surface area (Å²) in [5, 5.41) is 7.85. The maximum atomic E-state index is 11.5. The van der Waals surface area contributed by atoms with Crippen molar-refractivity contribution in [2.75, 3.05) is 6.54 Å². The molecule has 1 amide bonds. The van der Waals surface area contributed by atoms with Gasteiger partial charge in [0.25, 0.3) is 0 Å². The maximum Gasteiger partial charge on any atom is 0.247 e. The molecule has 0 aliphatic carbocycles. The highest BCUT2D eigenvalue weighted by Crippen LogP contribution is 2.20. The molecule has 0 unspecified atom stereocenters. The van der Waals surface area contributed by atoms with Crippen molar-refractivity contribution in [3.05, 3.63) is 17.0 Å². The number of nitrogens with one attached hydrogen (secondary N) is 1. The molecule has 7 heteroatoms. The second kappa shape index (κ2) is 7.02. The van der Waals surface area contributed by atoms with Crippen molar-refractivity contribution in [1.29, 1.82) is 0 Å². The normalized spacial score (nSPS) is 11.8. The zero-order chi connectivity index (χ0) is 14.5. The molecule has 0 radical (unpaired) electrons. The summed E-state index contributed by atoms with van der Waals surface area (Å²) in [6.45, 7) is 4.67. The van der Waals surface area contributed by atoms with E-state index in [9.17, 15) is 13.2 Å². The van der Waals surface area contributed by atoms with E-state index in [4.69, 9.17) is 5.14 Å². The fraction of sp³-hybridized carbons (Fsp3) is 0.583. The van der Waals surface area contributed by atoms with Crippen LogP contribution in [0.4, 0.5) is 0 Å². The fourth-order valence-corrected chi connectivity index (χ4v) is 3.26. The zero-order valence-electron chi connectivity index (χ0n) is 11.2. The number of carbonyl (C=O) groups excluding carboxylic acids is 1. The number of rotatable bonds is 7. The number of thiophene rings is 1. The molecule has 0 bridgehead atoms. The third-order valence-electron chi connectivity index (χ3n) is 2.56. The first-order valence-corrected chi connectivity index (χ1v) is 8.53. The predicted octanol–water partition coefficient (Wildman–Crippen LogP) is 1.49. The van der Waals surface area contributed by atoms with Crippen LogP contribution in [0.25, 0.3) is 0 Å². The van der Waals surface area contributed by atoms with Gasteiger partial charge in [0.05, 0.1) is 0 Å². The van der Waals surface area contributed by atoms with Gasteiger partial charge in [-0.15, -0.1) is 11.3 Å². The topological polar surface area (TPSA) is 89.3 Å². The third-order valence-corrected chi connectivity index (χ3v) is 5.14. The summed E-state index contributed by atoms with van der Waals surface area (Å²) in [6, 6.07) is 3.22. The van der Waals surface area contributed by atoms with Crippen molar-refractivity contribution in [1.82, 2.24) is 5.32 Å². The van der Waals surface area contributed by atoms with Crippen LogP contribution >= 0.6 is 11.3 Å². The minimum atomic E-state index is -3.61. The lowest BCUT2D eigenvalue weighted by molar-refractivity contribution is -0.121. The van der Waals surface area contributed by atoms with E-state index >= 15 is 0 Å². The van der Waals surface area contributed by atoms with Crippen LogP contribution in [0.15, 0.2) is 16.3 Å². The fourth-order valence-electron chi connectivity index (χ4n) is 1.48. The summed E-state index contributed by atoms with van der Waals surface area (Å²) >= 11 is 1.15. The highest BCUT2D eigenvalue weighted by atomic mass is 32.2. The van der Waals surface area contributed by atoms with Crippen molar-refractivity contribution in [3.63, 3.8) is 0 Å². The number of hydrogen-bond donors (Lipinski definition) is 2. The second-order valence-corrected chi connectivity index (χ2v) is 7.75. The van der Waals surface area contributed by atoms with Crippen molar-refractivity contribution < 1.29 is 13.2 Å². The van der Waals surface area contributed by atoms with E-state index in [0.717, 1.165) is 22.6 Å². The smallest absolute Gasteiger partial charge is 0.247 e. The molecule has 1 aromatic rings. The molecule has 0 aliphatic rings. The summed E-state index contributed by atoms with van der Waals surface area (Å²) in [4.78, 5) is 12.4. The van der Waals surface area contributed by atoms with Crippen molar-refractivity contribution in [3.8, 4) is 0 Å². The van der Waals surface area contributed by atoms with Gasteiger partial charge in [-0.25, -0.2) is 13.6 Å². The van der Waals surface area contributed by atoms with E-state index in [2.05, 4.69) is 19.2 Å². The Hall–Kier alpha value is -0.920. The summed E-state index contributed by atoms with van der Waals surface area (Å²) < 4.78 is 22.4. The van der Waals surface area contributed by atoms with Crippen molar-refractivity contribution in [2.24, 2.45) is 11.1 Å². The Kier molecular flexibility index (Phi) is 5.96. The maximum absolute atomic E-state index is 11.5. The molecule has 0 saturated heterocycles. The van der Waals surface area contributed by atoms with Gasteiger partial charge < -0.3 is 5.32 Å². The van der Waals surface area contributed by atoms with Crippen LogP contribution in [-0.2, 0) is 21.2 Å². The molecule has 1 rings (SSSR count). The number of nitrogens with two attached hydrogens (primary N) is 1. The molecule has 0 aliphatic heterocycles. The van der Waals surface area contributed by atoms with Gasteiger partial charge >= 0.3 is 0 Å². The first-order valence-electron chi connectivity index (χ1n) is 6.17. The Bertz CT molecular complexity index is 521. The molecule has 3 N–H and O–H groups in total. The summed E-state index contributed by atoms with van der Waals surface area (Å²) in [6.07, 6.45) is 2.03. The van der Waals surface area contributed by atoms with Crippen LogP contribution in [-0.4, -0.2) is 20.9 Å². The molecule has 19 heavy (non-hydrogen) atoms. The van der Waals surface area contributed by atoms with Crippen LogP contribution < -0.4 is 10.5 Å². The average molecular weight is 304 g/mol. The number of hydrogen-bond acceptors (Lipinski definition) is 4. The van der Waals surface area contributed by atoms with Gasteiger partial charge in [-0.05, 0) is 30.9 Å².